The second-order valence-electron chi connectivity index (χ2n) is 6.75. The molecule has 1 atom stereocenters. The molecule has 0 aromatic heterocycles. The van der Waals surface area contributed by atoms with Crippen molar-refractivity contribution in [3.05, 3.63) is 35.4 Å². The van der Waals surface area contributed by atoms with Gasteiger partial charge in [0.2, 0.25) is 5.91 Å². The standard InChI is InChI=1S/C17H22N2O5/c1-17(2,3)24-16(23)18-13-8-9-19(14(13)20)10-11-4-6-12(7-5-11)15(21)22/h4-7,13H,8-10H2,1-3H3,(H,18,23)(H,21,22)/t13-/m1/s1. The van der Waals surface area contributed by atoms with E-state index in [4.69, 9.17) is 9.84 Å². The van der Waals surface area contributed by atoms with Gasteiger partial charge in [-0.15, -0.1) is 0 Å². The van der Waals surface area contributed by atoms with Crippen LogP contribution in [0.2, 0.25) is 0 Å². The highest BCUT2D eigenvalue weighted by Crippen LogP contribution is 2.16. The molecule has 0 radical (unpaired) electrons. The normalized spacial score (nSPS) is 17.7. The number of alkyl carbamates (subject to hydrolysis) is 1. The lowest BCUT2D eigenvalue weighted by molar-refractivity contribution is -0.129. The summed E-state index contributed by atoms with van der Waals surface area (Å²) in [4.78, 5) is 36.6. The maximum atomic E-state index is 12.3. The Bertz CT molecular complexity index is 633. The molecule has 1 heterocycles. The van der Waals surface area contributed by atoms with Crippen molar-refractivity contribution in [1.29, 1.82) is 0 Å². The third kappa shape index (κ3) is 4.71. The van der Waals surface area contributed by atoms with Crippen molar-refractivity contribution < 1.29 is 24.2 Å². The SMILES string of the molecule is CC(C)(C)OC(=O)N[C@@H]1CCN(Cc2ccc(C(=O)O)cc2)C1=O. The molecule has 0 saturated carbocycles. The molecule has 130 valence electrons. The maximum Gasteiger partial charge on any atom is 0.408 e. The zero-order valence-electron chi connectivity index (χ0n) is 14.0. The predicted molar refractivity (Wildman–Crippen MR) is 86.6 cm³/mol. The molecule has 1 aromatic rings. The number of hydrogen-bond acceptors (Lipinski definition) is 4. The Morgan fingerprint density at radius 3 is 2.46 bits per heavy atom. The molecule has 0 unspecified atom stereocenters. The summed E-state index contributed by atoms with van der Waals surface area (Å²) in [6.45, 7) is 6.19. The van der Waals surface area contributed by atoms with E-state index in [-0.39, 0.29) is 11.5 Å². The molecule has 7 heteroatoms. The summed E-state index contributed by atoms with van der Waals surface area (Å²) >= 11 is 0. The maximum absolute atomic E-state index is 12.3. The van der Waals surface area contributed by atoms with E-state index in [0.717, 1.165) is 5.56 Å². The van der Waals surface area contributed by atoms with Gasteiger partial charge in [-0.3, -0.25) is 4.79 Å². The van der Waals surface area contributed by atoms with Crippen molar-refractivity contribution in [3.8, 4) is 0 Å². The number of carboxylic acid groups (broad SMARTS) is 1. The van der Waals surface area contributed by atoms with Gasteiger partial charge in [0.05, 0.1) is 5.56 Å². The van der Waals surface area contributed by atoms with E-state index in [1.807, 2.05) is 0 Å². The monoisotopic (exact) mass is 334 g/mol. The van der Waals surface area contributed by atoms with Gasteiger partial charge in [-0.25, -0.2) is 9.59 Å². The summed E-state index contributed by atoms with van der Waals surface area (Å²) in [5.74, 6) is -1.15. The van der Waals surface area contributed by atoms with Crippen LogP contribution in [-0.2, 0) is 16.1 Å². The molecule has 7 nitrogen and oxygen atoms in total. The Hall–Kier alpha value is -2.57. The number of rotatable bonds is 4. The summed E-state index contributed by atoms with van der Waals surface area (Å²) < 4.78 is 5.16. The van der Waals surface area contributed by atoms with Gasteiger partial charge in [0.1, 0.15) is 11.6 Å². The van der Waals surface area contributed by atoms with E-state index >= 15 is 0 Å². The van der Waals surface area contributed by atoms with Crippen molar-refractivity contribution >= 4 is 18.0 Å². The number of aromatic carboxylic acids is 1. The first kappa shape index (κ1) is 17.8. The average molecular weight is 334 g/mol. The van der Waals surface area contributed by atoms with Gasteiger partial charge in [-0.2, -0.15) is 0 Å². The number of amides is 2. The molecule has 1 aliphatic heterocycles. The van der Waals surface area contributed by atoms with E-state index in [1.165, 1.54) is 12.1 Å². The third-order valence-corrected chi connectivity index (χ3v) is 3.56. The molecule has 1 fully saturated rings. The van der Waals surface area contributed by atoms with Crippen LogP contribution in [0.4, 0.5) is 4.79 Å². The number of carbonyl (C=O) groups is 3. The van der Waals surface area contributed by atoms with Gasteiger partial charge in [0, 0.05) is 13.1 Å². The summed E-state index contributed by atoms with van der Waals surface area (Å²) in [7, 11) is 0. The van der Waals surface area contributed by atoms with Crippen molar-refractivity contribution in [2.45, 2.75) is 45.4 Å². The minimum absolute atomic E-state index is 0.164. The van der Waals surface area contributed by atoms with Crippen molar-refractivity contribution in [2.24, 2.45) is 0 Å². The Labute approximate surface area is 140 Å². The van der Waals surface area contributed by atoms with Crippen LogP contribution in [0.5, 0.6) is 0 Å². The van der Waals surface area contributed by atoms with E-state index in [9.17, 15) is 14.4 Å². The van der Waals surface area contributed by atoms with Crippen LogP contribution in [0.15, 0.2) is 24.3 Å². The highest BCUT2D eigenvalue weighted by atomic mass is 16.6. The number of carboxylic acids is 1. The highest BCUT2D eigenvalue weighted by molar-refractivity contribution is 5.88. The number of benzene rings is 1. The fourth-order valence-electron chi connectivity index (χ4n) is 2.45. The largest absolute Gasteiger partial charge is 0.478 e. The fourth-order valence-corrected chi connectivity index (χ4v) is 2.45. The number of hydrogen-bond donors (Lipinski definition) is 2. The van der Waals surface area contributed by atoms with Crippen LogP contribution in [-0.4, -0.2) is 46.2 Å². The molecular weight excluding hydrogens is 312 g/mol. The van der Waals surface area contributed by atoms with Gasteiger partial charge in [0.25, 0.3) is 0 Å². The molecule has 0 bridgehead atoms. The second-order valence-corrected chi connectivity index (χ2v) is 6.75. The predicted octanol–water partition coefficient (Wildman–Crippen LogP) is 2.01. The van der Waals surface area contributed by atoms with E-state index in [1.54, 1.807) is 37.8 Å². The lowest BCUT2D eigenvalue weighted by Gasteiger charge is -2.21. The first-order valence-corrected chi connectivity index (χ1v) is 7.76. The van der Waals surface area contributed by atoms with Gasteiger partial charge < -0.3 is 20.1 Å². The quantitative estimate of drug-likeness (QED) is 0.878. The summed E-state index contributed by atoms with van der Waals surface area (Å²) in [5.41, 5.74) is 0.430. The number of ether oxygens (including phenoxy) is 1. The second kappa shape index (κ2) is 6.90. The van der Waals surface area contributed by atoms with Crippen LogP contribution in [0.3, 0.4) is 0 Å². The molecule has 1 saturated heterocycles. The zero-order valence-corrected chi connectivity index (χ0v) is 14.0. The molecule has 1 aromatic carbocycles. The van der Waals surface area contributed by atoms with Crippen molar-refractivity contribution in [1.82, 2.24) is 10.2 Å². The summed E-state index contributed by atoms with van der Waals surface area (Å²) in [6.07, 6.45) is -0.0841. The Morgan fingerprint density at radius 2 is 1.92 bits per heavy atom. The van der Waals surface area contributed by atoms with Gasteiger partial charge in [0.15, 0.2) is 0 Å². The van der Waals surface area contributed by atoms with Gasteiger partial charge in [-0.05, 0) is 44.9 Å². The highest BCUT2D eigenvalue weighted by Gasteiger charge is 2.33. The van der Waals surface area contributed by atoms with Crippen LogP contribution < -0.4 is 5.32 Å². The smallest absolute Gasteiger partial charge is 0.408 e. The molecule has 2 amide bonds. The van der Waals surface area contributed by atoms with Crippen LogP contribution >= 0.6 is 0 Å². The van der Waals surface area contributed by atoms with Gasteiger partial charge in [-0.1, -0.05) is 12.1 Å². The van der Waals surface area contributed by atoms with Crippen molar-refractivity contribution in [3.63, 3.8) is 0 Å². The van der Waals surface area contributed by atoms with Crippen LogP contribution in [0, 0.1) is 0 Å². The zero-order chi connectivity index (χ0) is 17.9. The minimum Gasteiger partial charge on any atom is -0.478 e. The molecular formula is C17H22N2O5. The number of nitrogens with one attached hydrogen (secondary N) is 1. The number of likely N-dealkylation sites (tertiary alicyclic amines) is 1. The number of carbonyl (C=O) groups excluding carboxylic acids is 2. The van der Waals surface area contributed by atoms with E-state index in [0.29, 0.717) is 19.5 Å². The molecule has 1 aliphatic rings. The molecule has 0 spiro atoms. The van der Waals surface area contributed by atoms with Crippen molar-refractivity contribution in [2.75, 3.05) is 6.54 Å². The average Bonchev–Trinajstić information content (AvgIpc) is 2.79. The lowest BCUT2D eigenvalue weighted by atomic mass is 10.1. The van der Waals surface area contributed by atoms with Crippen LogP contribution in [0.25, 0.3) is 0 Å². The lowest BCUT2D eigenvalue weighted by Crippen LogP contribution is -2.43. The molecule has 2 N–H and O–H groups in total. The molecule has 0 aliphatic carbocycles. The fraction of sp³-hybridized carbons (Fsp3) is 0.471. The Kier molecular flexibility index (Phi) is 5.11. The first-order valence-electron chi connectivity index (χ1n) is 7.76. The van der Waals surface area contributed by atoms with Crippen LogP contribution in [0.1, 0.15) is 43.1 Å². The molecule has 2 rings (SSSR count). The Morgan fingerprint density at radius 1 is 1.29 bits per heavy atom. The summed E-state index contributed by atoms with van der Waals surface area (Å²) in [5, 5.41) is 11.5. The Balaban J connectivity index is 1.91. The summed E-state index contributed by atoms with van der Waals surface area (Å²) in [6, 6.07) is 5.80. The number of nitrogens with zero attached hydrogens (tertiary/aromatic N) is 1. The van der Waals surface area contributed by atoms with E-state index in [2.05, 4.69) is 5.32 Å². The van der Waals surface area contributed by atoms with E-state index < -0.39 is 23.7 Å². The third-order valence-electron chi connectivity index (χ3n) is 3.56. The minimum atomic E-state index is -0.986. The molecule has 24 heavy (non-hydrogen) atoms. The topological polar surface area (TPSA) is 95.9 Å². The first-order chi connectivity index (χ1) is 11.2. The van der Waals surface area contributed by atoms with Gasteiger partial charge >= 0.3 is 12.1 Å².